The zero-order chi connectivity index (χ0) is 7.68. The van der Waals surface area contributed by atoms with Crippen molar-refractivity contribution in [1.82, 2.24) is 19.9 Å². The highest BCUT2D eigenvalue weighted by Gasteiger charge is 1.94. The van der Waals surface area contributed by atoms with E-state index >= 15 is 0 Å². The topological polar surface area (TPSA) is 51.6 Å². The van der Waals surface area contributed by atoms with Gasteiger partial charge in [-0.2, -0.15) is 0 Å². The molecule has 0 aliphatic heterocycles. The Hall–Kier alpha value is -1.58. The van der Waals surface area contributed by atoms with E-state index in [1.165, 1.54) is 6.33 Å². The molecule has 11 heavy (non-hydrogen) atoms. The van der Waals surface area contributed by atoms with Crippen LogP contribution in [0.25, 0.3) is 11.2 Å². The maximum absolute atomic E-state index is 4.05. The Labute approximate surface area is 63.4 Å². The molecule has 2 aromatic heterocycles. The van der Waals surface area contributed by atoms with Crippen LogP contribution in [-0.2, 0) is 0 Å². The SMILES string of the molecule is [CH2]c1cnc2cncnc2n1. The monoisotopic (exact) mass is 145 g/mol. The van der Waals surface area contributed by atoms with Crippen molar-refractivity contribution in [2.45, 2.75) is 0 Å². The molecule has 1 radical (unpaired) electrons. The largest absolute Gasteiger partial charge is 0.249 e. The van der Waals surface area contributed by atoms with Gasteiger partial charge in [0.25, 0.3) is 0 Å². The number of nitrogens with zero attached hydrogens (tertiary/aromatic N) is 4. The molecule has 0 fully saturated rings. The van der Waals surface area contributed by atoms with Crippen LogP contribution in [0, 0.1) is 6.92 Å². The second kappa shape index (κ2) is 2.23. The zero-order valence-corrected chi connectivity index (χ0v) is 5.73. The molecule has 0 spiro atoms. The molecule has 0 N–H and O–H groups in total. The Kier molecular flexibility index (Phi) is 1.25. The normalized spacial score (nSPS) is 10.3. The minimum Gasteiger partial charge on any atom is -0.249 e. The Bertz CT molecular complexity index is 385. The fourth-order valence-corrected chi connectivity index (χ4v) is 0.802. The van der Waals surface area contributed by atoms with Gasteiger partial charge in [-0.15, -0.1) is 0 Å². The molecule has 2 heterocycles. The van der Waals surface area contributed by atoms with Crippen LogP contribution in [0.2, 0.25) is 0 Å². The van der Waals surface area contributed by atoms with Gasteiger partial charge in [0, 0.05) is 6.20 Å². The molecule has 0 aliphatic carbocycles. The average molecular weight is 145 g/mol. The number of aromatic nitrogens is 4. The van der Waals surface area contributed by atoms with Crippen LogP contribution in [0.15, 0.2) is 18.7 Å². The van der Waals surface area contributed by atoms with Crippen LogP contribution in [0.4, 0.5) is 0 Å². The van der Waals surface area contributed by atoms with Crippen LogP contribution < -0.4 is 0 Å². The Balaban J connectivity index is 2.83. The first-order valence-corrected chi connectivity index (χ1v) is 3.11. The number of hydrogen-bond acceptors (Lipinski definition) is 4. The van der Waals surface area contributed by atoms with Gasteiger partial charge in [0.2, 0.25) is 0 Å². The van der Waals surface area contributed by atoms with Crippen molar-refractivity contribution in [3.8, 4) is 0 Å². The van der Waals surface area contributed by atoms with Crippen molar-refractivity contribution in [2.75, 3.05) is 0 Å². The summed E-state index contributed by atoms with van der Waals surface area (Å²) in [5.74, 6) is 0. The Morgan fingerprint density at radius 1 is 1.18 bits per heavy atom. The molecule has 53 valence electrons. The summed E-state index contributed by atoms with van der Waals surface area (Å²) in [6.07, 6.45) is 4.65. The molecule has 0 aromatic carbocycles. The number of fused-ring (bicyclic) bond motifs is 1. The lowest BCUT2D eigenvalue weighted by atomic mass is 10.4. The van der Waals surface area contributed by atoms with Gasteiger partial charge in [0.15, 0.2) is 5.65 Å². The quantitative estimate of drug-likeness (QED) is 0.544. The van der Waals surface area contributed by atoms with Crippen LogP contribution in [-0.4, -0.2) is 19.9 Å². The average Bonchev–Trinajstić information content (AvgIpc) is 2.04. The van der Waals surface area contributed by atoms with Gasteiger partial charge < -0.3 is 0 Å². The van der Waals surface area contributed by atoms with Crippen LogP contribution in [0.5, 0.6) is 0 Å². The smallest absolute Gasteiger partial charge is 0.181 e. The second-order valence-corrected chi connectivity index (χ2v) is 2.09. The lowest BCUT2D eigenvalue weighted by Crippen LogP contribution is -1.90. The summed E-state index contributed by atoms with van der Waals surface area (Å²) in [6, 6.07) is 0. The minimum absolute atomic E-state index is 0.590. The van der Waals surface area contributed by atoms with E-state index in [1.54, 1.807) is 12.4 Å². The summed E-state index contributed by atoms with van der Waals surface area (Å²) in [7, 11) is 0. The van der Waals surface area contributed by atoms with Crippen molar-refractivity contribution in [3.63, 3.8) is 0 Å². The third kappa shape index (κ3) is 1.02. The van der Waals surface area contributed by atoms with E-state index in [4.69, 9.17) is 0 Å². The molecule has 2 rings (SSSR count). The van der Waals surface area contributed by atoms with E-state index in [9.17, 15) is 0 Å². The van der Waals surface area contributed by atoms with E-state index in [1.807, 2.05) is 0 Å². The van der Waals surface area contributed by atoms with Crippen LogP contribution >= 0.6 is 0 Å². The van der Waals surface area contributed by atoms with Crippen molar-refractivity contribution >= 4 is 11.2 Å². The van der Waals surface area contributed by atoms with Gasteiger partial charge >= 0.3 is 0 Å². The molecule has 0 atom stereocenters. The van der Waals surface area contributed by atoms with E-state index in [0.717, 1.165) is 0 Å². The summed E-state index contributed by atoms with van der Waals surface area (Å²) >= 11 is 0. The molecule has 4 nitrogen and oxygen atoms in total. The van der Waals surface area contributed by atoms with E-state index in [2.05, 4.69) is 26.9 Å². The van der Waals surface area contributed by atoms with E-state index in [0.29, 0.717) is 16.9 Å². The lowest BCUT2D eigenvalue weighted by Gasteiger charge is -1.93. The van der Waals surface area contributed by atoms with Gasteiger partial charge in [0.1, 0.15) is 11.8 Å². The highest BCUT2D eigenvalue weighted by atomic mass is 14.9. The van der Waals surface area contributed by atoms with Gasteiger partial charge in [-0.25, -0.2) is 19.9 Å². The maximum atomic E-state index is 4.05. The predicted molar refractivity (Wildman–Crippen MR) is 39.6 cm³/mol. The molecule has 0 saturated heterocycles. The first kappa shape index (κ1) is 6.15. The molecule has 0 aliphatic rings. The highest BCUT2D eigenvalue weighted by Crippen LogP contribution is 2.01. The summed E-state index contributed by atoms with van der Waals surface area (Å²) in [4.78, 5) is 15.8. The summed E-state index contributed by atoms with van der Waals surface area (Å²) in [5.41, 5.74) is 1.91. The molecular formula is C7H5N4. The maximum Gasteiger partial charge on any atom is 0.181 e. The first-order chi connectivity index (χ1) is 5.36. The van der Waals surface area contributed by atoms with E-state index < -0.39 is 0 Å². The summed E-state index contributed by atoms with van der Waals surface area (Å²) < 4.78 is 0. The molecule has 0 bridgehead atoms. The summed E-state index contributed by atoms with van der Waals surface area (Å²) in [5, 5.41) is 0. The van der Waals surface area contributed by atoms with Crippen LogP contribution in [0.3, 0.4) is 0 Å². The van der Waals surface area contributed by atoms with Crippen molar-refractivity contribution in [3.05, 3.63) is 31.3 Å². The Morgan fingerprint density at radius 2 is 2.09 bits per heavy atom. The molecule has 0 saturated carbocycles. The molecule has 0 amide bonds. The van der Waals surface area contributed by atoms with Crippen LogP contribution in [0.1, 0.15) is 5.69 Å². The van der Waals surface area contributed by atoms with Gasteiger partial charge in [0.05, 0.1) is 11.9 Å². The van der Waals surface area contributed by atoms with Gasteiger partial charge in [-0.3, -0.25) is 0 Å². The highest BCUT2D eigenvalue weighted by molar-refractivity contribution is 5.67. The fourth-order valence-electron chi connectivity index (χ4n) is 0.802. The second-order valence-electron chi connectivity index (χ2n) is 2.09. The third-order valence-electron chi connectivity index (χ3n) is 1.27. The molecule has 0 unspecified atom stereocenters. The van der Waals surface area contributed by atoms with Crippen molar-refractivity contribution in [2.24, 2.45) is 0 Å². The molecular weight excluding hydrogens is 140 g/mol. The summed E-state index contributed by atoms with van der Waals surface area (Å²) in [6.45, 7) is 3.64. The number of rotatable bonds is 0. The van der Waals surface area contributed by atoms with Crippen molar-refractivity contribution in [1.29, 1.82) is 0 Å². The zero-order valence-electron chi connectivity index (χ0n) is 5.73. The van der Waals surface area contributed by atoms with Crippen molar-refractivity contribution < 1.29 is 0 Å². The lowest BCUT2D eigenvalue weighted by molar-refractivity contribution is 1.13. The number of hydrogen-bond donors (Lipinski definition) is 0. The first-order valence-electron chi connectivity index (χ1n) is 3.11. The standard InChI is InChI=1S/C7H5N4/c1-5-2-9-6-3-8-4-10-7(6)11-5/h2-4H,1H2. The van der Waals surface area contributed by atoms with E-state index in [-0.39, 0.29) is 0 Å². The molecule has 2 aromatic rings. The molecule has 4 heteroatoms. The van der Waals surface area contributed by atoms with Gasteiger partial charge in [-0.05, 0) is 6.92 Å². The predicted octanol–water partition coefficient (Wildman–Crippen LogP) is 0.602. The van der Waals surface area contributed by atoms with Gasteiger partial charge in [-0.1, -0.05) is 0 Å². The fraction of sp³-hybridized carbons (Fsp3) is 0. The minimum atomic E-state index is 0.590. The Morgan fingerprint density at radius 3 is 3.00 bits per heavy atom. The third-order valence-corrected chi connectivity index (χ3v) is 1.27.